The van der Waals surface area contributed by atoms with Crippen molar-refractivity contribution in [3.8, 4) is 11.8 Å². The number of nitrogens with zero attached hydrogens (tertiary/aromatic N) is 1. The minimum atomic E-state index is -3.52. The highest BCUT2D eigenvalue weighted by Gasteiger charge is 2.16. The second kappa shape index (κ2) is 6.17. The van der Waals surface area contributed by atoms with Gasteiger partial charge in [-0.2, -0.15) is 5.26 Å². The Balaban J connectivity index is 2.35. The summed E-state index contributed by atoms with van der Waals surface area (Å²) in [6.45, 7) is 0. The van der Waals surface area contributed by atoms with Crippen molar-refractivity contribution in [3.63, 3.8) is 0 Å². The van der Waals surface area contributed by atoms with E-state index in [0.29, 0.717) is 21.9 Å². The van der Waals surface area contributed by atoms with Gasteiger partial charge >= 0.3 is 0 Å². The van der Waals surface area contributed by atoms with Crippen LogP contribution >= 0.6 is 11.6 Å². The van der Waals surface area contributed by atoms with Crippen molar-refractivity contribution in [2.45, 2.75) is 10.6 Å². The molecule has 0 heterocycles. The van der Waals surface area contributed by atoms with Crippen molar-refractivity contribution in [1.29, 1.82) is 5.26 Å². The Bertz CT molecular complexity index is 810. The van der Waals surface area contributed by atoms with Gasteiger partial charge in [0.15, 0.2) is 9.84 Å². The molecule has 0 N–H and O–H groups in total. The lowest BCUT2D eigenvalue weighted by Gasteiger charge is -2.07. The van der Waals surface area contributed by atoms with Crippen LogP contribution in [0.2, 0.25) is 5.02 Å². The molecule has 0 atom stereocenters. The van der Waals surface area contributed by atoms with Gasteiger partial charge in [-0.25, -0.2) is 8.42 Å². The summed E-state index contributed by atoms with van der Waals surface area (Å²) in [6.07, 6.45) is 0. The molecule has 0 aliphatic heterocycles. The summed E-state index contributed by atoms with van der Waals surface area (Å²) in [5.74, 6) is 0.216. The summed E-state index contributed by atoms with van der Waals surface area (Å²) >= 11 is 5.82. The molecule has 0 radical (unpaired) electrons. The van der Waals surface area contributed by atoms with Crippen LogP contribution in [-0.4, -0.2) is 15.5 Å². The number of nitriles is 1. The average Bonchev–Trinajstić information content (AvgIpc) is 2.46. The predicted molar refractivity (Wildman–Crippen MR) is 80.1 cm³/mol. The van der Waals surface area contributed by atoms with Crippen molar-refractivity contribution in [3.05, 3.63) is 58.6 Å². The number of halogens is 1. The van der Waals surface area contributed by atoms with E-state index in [4.69, 9.17) is 21.6 Å². The third-order valence-electron chi connectivity index (χ3n) is 2.90. The Morgan fingerprint density at radius 3 is 2.62 bits per heavy atom. The first-order valence-corrected chi connectivity index (χ1v) is 8.04. The first kappa shape index (κ1) is 15.4. The minimum absolute atomic E-state index is 0.157. The maximum atomic E-state index is 12.3. The van der Waals surface area contributed by atoms with Crippen LogP contribution in [0.4, 0.5) is 0 Å². The van der Waals surface area contributed by atoms with Crippen molar-refractivity contribution < 1.29 is 13.2 Å². The Morgan fingerprint density at radius 2 is 2.00 bits per heavy atom. The number of rotatable bonds is 4. The van der Waals surface area contributed by atoms with E-state index in [-0.39, 0.29) is 10.6 Å². The summed E-state index contributed by atoms with van der Waals surface area (Å²) in [5, 5.41) is 9.39. The van der Waals surface area contributed by atoms with Crippen molar-refractivity contribution in [2.24, 2.45) is 0 Å². The molecule has 2 aromatic carbocycles. The molecule has 0 fully saturated rings. The van der Waals surface area contributed by atoms with Gasteiger partial charge in [0.1, 0.15) is 11.8 Å². The zero-order valence-corrected chi connectivity index (χ0v) is 12.8. The van der Waals surface area contributed by atoms with Crippen LogP contribution in [0.25, 0.3) is 0 Å². The molecular weight excluding hydrogens is 310 g/mol. The topological polar surface area (TPSA) is 67.2 Å². The van der Waals surface area contributed by atoms with E-state index in [1.54, 1.807) is 24.3 Å². The third kappa shape index (κ3) is 3.54. The molecule has 0 saturated carbocycles. The third-order valence-corrected chi connectivity index (χ3v) is 4.82. The second-order valence-corrected chi connectivity index (χ2v) is 6.79. The lowest BCUT2D eigenvalue weighted by molar-refractivity contribution is 0.413. The van der Waals surface area contributed by atoms with Crippen LogP contribution in [-0.2, 0) is 15.6 Å². The SMILES string of the molecule is COc1ccc(CS(=O)(=O)c2cccc(Cl)c2)cc1C#N. The molecule has 108 valence electrons. The standard InChI is InChI=1S/C15H12ClNO3S/c1-20-15-6-5-11(7-12(15)9-17)10-21(18,19)14-4-2-3-13(16)8-14/h2-8H,10H2,1H3. The van der Waals surface area contributed by atoms with Crippen molar-refractivity contribution in [2.75, 3.05) is 7.11 Å². The summed E-state index contributed by atoms with van der Waals surface area (Å²) in [7, 11) is -2.06. The Morgan fingerprint density at radius 1 is 1.24 bits per heavy atom. The molecule has 0 aromatic heterocycles. The largest absolute Gasteiger partial charge is 0.495 e. The molecule has 4 nitrogen and oxygen atoms in total. The molecular formula is C15H12ClNO3S. The summed E-state index contributed by atoms with van der Waals surface area (Å²) in [6, 6.07) is 12.8. The molecule has 2 aromatic rings. The van der Waals surface area contributed by atoms with E-state index in [9.17, 15) is 8.42 Å². The maximum absolute atomic E-state index is 12.3. The van der Waals surface area contributed by atoms with Crippen LogP contribution in [0.3, 0.4) is 0 Å². The van der Waals surface area contributed by atoms with Crippen molar-refractivity contribution in [1.82, 2.24) is 0 Å². The number of hydrogen-bond donors (Lipinski definition) is 0. The van der Waals surface area contributed by atoms with Gasteiger partial charge in [-0.15, -0.1) is 0 Å². The highest BCUT2D eigenvalue weighted by atomic mass is 35.5. The molecule has 21 heavy (non-hydrogen) atoms. The summed E-state index contributed by atoms with van der Waals surface area (Å²) < 4.78 is 29.7. The monoisotopic (exact) mass is 321 g/mol. The summed E-state index contributed by atoms with van der Waals surface area (Å²) in [5.41, 5.74) is 0.823. The van der Waals surface area contributed by atoms with Gasteiger partial charge in [-0.05, 0) is 35.9 Å². The smallest absolute Gasteiger partial charge is 0.182 e. The van der Waals surface area contributed by atoms with E-state index in [1.165, 1.54) is 25.3 Å². The average molecular weight is 322 g/mol. The molecule has 0 unspecified atom stereocenters. The lowest BCUT2D eigenvalue weighted by Crippen LogP contribution is -2.05. The highest BCUT2D eigenvalue weighted by molar-refractivity contribution is 7.90. The Labute approximate surface area is 128 Å². The van der Waals surface area contributed by atoms with Crippen molar-refractivity contribution >= 4 is 21.4 Å². The molecule has 0 amide bonds. The van der Waals surface area contributed by atoms with Gasteiger partial charge in [0.25, 0.3) is 0 Å². The maximum Gasteiger partial charge on any atom is 0.182 e. The van der Waals surface area contributed by atoms with E-state index in [0.717, 1.165) is 0 Å². The zero-order chi connectivity index (χ0) is 15.5. The van der Waals surface area contributed by atoms with E-state index < -0.39 is 9.84 Å². The minimum Gasteiger partial charge on any atom is -0.495 e. The summed E-state index contributed by atoms with van der Waals surface area (Å²) in [4.78, 5) is 0.157. The Kier molecular flexibility index (Phi) is 4.51. The van der Waals surface area contributed by atoms with Gasteiger partial charge in [-0.3, -0.25) is 0 Å². The highest BCUT2D eigenvalue weighted by Crippen LogP contribution is 2.23. The van der Waals surface area contributed by atoms with Crippen LogP contribution < -0.4 is 4.74 Å². The van der Waals surface area contributed by atoms with E-state index >= 15 is 0 Å². The number of sulfone groups is 1. The van der Waals surface area contributed by atoms with Gasteiger partial charge in [-0.1, -0.05) is 23.7 Å². The number of hydrogen-bond acceptors (Lipinski definition) is 4. The molecule has 2 rings (SSSR count). The first-order valence-electron chi connectivity index (χ1n) is 6.01. The molecule has 0 bridgehead atoms. The normalized spacial score (nSPS) is 10.9. The fraction of sp³-hybridized carbons (Fsp3) is 0.133. The molecule has 6 heteroatoms. The second-order valence-electron chi connectivity index (χ2n) is 4.36. The van der Waals surface area contributed by atoms with E-state index in [2.05, 4.69) is 0 Å². The van der Waals surface area contributed by atoms with Crippen LogP contribution in [0.15, 0.2) is 47.4 Å². The fourth-order valence-corrected chi connectivity index (χ4v) is 3.53. The quantitative estimate of drug-likeness (QED) is 0.867. The van der Waals surface area contributed by atoms with Crippen LogP contribution in [0.1, 0.15) is 11.1 Å². The van der Waals surface area contributed by atoms with Gasteiger partial charge in [0.05, 0.1) is 23.3 Å². The molecule has 0 saturated heterocycles. The van der Waals surface area contributed by atoms with Crippen LogP contribution in [0.5, 0.6) is 5.75 Å². The van der Waals surface area contributed by atoms with E-state index in [1.807, 2.05) is 6.07 Å². The molecule has 0 aliphatic carbocycles. The predicted octanol–water partition coefficient (Wildman–Crippen LogP) is 3.19. The van der Waals surface area contributed by atoms with Crippen LogP contribution in [0, 0.1) is 11.3 Å². The molecule has 0 aliphatic rings. The van der Waals surface area contributed by atoms with Gasteiger partial charge < -0.3 is 4.74 Å². The Hall–Kier alpha value is -2.03. The van der Waals surface area contributed by atoms with Gasteiger partial charge in [0, 0.05) is 5.02 Å². The fourth-order valence-electron chi connectivity index (χ4n) is 1.90. The molecule has 0 spiro atoms. The zero-order valence-electron chi connectivity index (χ0n) is 11.2. The lowest BCUT2D eigenvalue weighted by atomic mass is 10.1. The number of methoxy groups -OCH3 is 1. The number of ether oxygens (including phenoxy) is 1. The number of benzene rings is 2. The van der Waals surface area contributed by atoms with Gasteiger partial charge in [0.2, 0.25) is 0 Å². The first-order chi connectivity index (χ1) is 9.96.